The third-order valence-electron chi connectivity index (χ3n) is 4.64. The van der Waals surface area contributed by atoms with Crippen molar-refractivity contribution in [2.45, 2.75) is 19.4 Å². The summed E-state index contributed by atoms with van der Waals surface area (Å²) in [4.78, 5) is 49.0. The molecule has 2 N–H and O–H groups in total. The Kier molecular flexibility index (Phi) is 4.86. The number of benzene rings is 2. The molecule has 1 saturated heterocycles. The molecule has 2 aliphatic heterocycles. The van der Waals surface area contributed by atoms with E-state index in [-0.39, 0.29) is 38.0 Å². The van der Waals surface area contributed by atoms with E-state index in [1.54, 1.807) is 36.4 Å². The Labute approximate surface area is 165 Å². The quantitative estimate of drug-likeness (QED) is 0.593. The summed E-state index contributed by atoms with van der Waals surface area (Å²) in [5.74, 6) is -0.359. The summed E-state index contributed by atoms with van der Waals surface area (Å²) < 4.78 is 10.4. The first-order chi connectivity index (χ1) is 14.0. The molecule has 148 valence electrons. The van der Waals surface area contributed by atoms with Gasteiger partial charge in [-0.1, -0.05) is 12.1 Å². The number of amides is 4. The van der Waals surface area contributed by atoms with Gasteiger partial charge in [-0.05, 0) is 35.9 Å². The van der Waals surface area contributed by atoms with Crippen LogP contribution < -0.4 is 20.3 Å². The van der Waals surface area contributed by atoms with Crippen LogP contribution in [-0.4, -0.2) is 35.3 Å². The van der Waals surface area contributed by atoms with Crippen LogP contribution in [-0.2, 0) is 16.1 Å². The smallest absolute Gasteiger partial charge is 0.269 e. The van der Waals surface area contributed by atoms with Gasteiger partial charge in [-0.15, -0.1) is 0 Å². The minimum absolute atomic E-state index is 0.104. The molecule has 0 radical (unpaired) electrons. The van der Waals surface area contributed by atoms with E-state index in [0.717, 1.165) is 5.56 Å². The second kappa shape index (κ2) is 7.63. The third-order valence-corrected chi connectivity index (χ3v) is 4.64. The molecule has 0 saturated carbocycles. The summed E-state index contributed by atoms with van der Waals surface area (Å²) in [6.07, 6.45) is 0.477. The van der Waals surface area contributed by atoms with Crippen LogP contribution in [0, 0.1) is 0 Å². The zero-order chi connectivity index (χ0) is 20.4. The molecule has 0 unspecified atom stereocenters. The van der Waals surface area contributed by atoms with Crippen LogP contribution in [0.2, 0.25) is 0 Å². The van der Waals surface area contributed by atoms with Gasteiger partial charge in [0.25, 0.3) is 11.8 Å². The largest absolute Gasteiger partial charge is 0.454 e. The number of rotatable bonds is 4. The van der Waals surface area contributed by atoms with Crippen LogP contribution >= 0.6 is 0 Å². The van der Waals surface area contributed by atoms with Gasteiger partial charge in [0.2, 0.25) is 18.6 Å². The number of hydrazine groups is 1. The lowest BCUT2D eigenvalue weighted by molar-refractivity contribution is -0.139. The fraction of sp³-hybridized carbons (Fsp3) is 0.200. The Morgan fingerprint density at radius 1 is 0.828 bits per heavy atom. The number of likely N-dealkylation sites (tertiary alicyclic amines) is 1. The second-order valence-corrected chi connectivity index (χ2v) is 6.55. The first kappa shape index (κ1) is 18.5. The number of carbonyl (C=O) groups is 4. The normalized spacial score (nSPS) is 14.8. The van der Waals surface area contributed by atoms with E-state index in [9.17, 15) is 19.2 Å². The maximum Gasteiger partial charge on any atom is 0.269 e. The number of hydrogen-bond donors (Lipinski definition) is 2. The molecular weight excluding hydrogens is 378 g/mol. The summed E-state index contributed by atoms with van der Waals surface area (Å²) in [6.45, 7) is 0.285. The predicted octanol–water partition coefficient (Wildman–Crippen LogP) is 1.14. The number of nitrogens with one attached hydrogen (secondary N) is 2. The van der Waals surface area contributed by atoms with E-state index in [2.05, 4.69) is 10.9 Å². The monoisotopic (exact) mass is 395 g/mol. The first-order valence-electron chi connectivity index (χ1n) is 8.94. The van der Waals surface area contributed by atoms with E-state index in [1.807, 2.05) is 0 Å². The number of nitrogens with zero attached hydrogens (tertiary/aromatic N) is 1. The maximum absolute atomic E-state index is 12.2. The van der Waals surface area contributed by atoms with Crippen molar-refractivity contribution in [1.82, 2.24) is 15.8 Å². The van der Waals surface area contributed by atoms with Crippen LogP contribution in [0.3, 0.4) is 0 Å². The lowest BCUT2D eigenvalue weighted by Crippen LogP contribution is -2.41. The molecule has 2 aliphatic rings. The van der Waals surface area contributed by atoms with Gasteiger partial charge in [-0.2, -0.15) is 0 Å². The standard InChI is InChI=1S/C20H17N3O6/c24-17-7-8-18(25)23(17)10-12-1-3-13(4-2-12)19(26)21-22-20(27)14-5-6-15-16(9-14)29-11-28-15/h1-6,9H,7-8,10-11H2,(H,21,26)(H,22,27). The molecular formula is C20H17N3O6. The molecule has 9 heteroatoms. The highest BCUT2D eigenvalue weighted by molar-refractivity contribution is 6.02. The van der Waals surface area contributed by atoms with Crippen LogP contribution in [0.15, 0.2) is 42.5 Å². The molecule has 2 aromatic rings. The molecule has 9 nitrogen and oxygen atoms in total. The number of ether oxygens (including phenoxy) is 2. The van der Waals surface area contributed by atoms with Gasteiger partial charge in [-0.25, -0.2) is 0 Å². The van der Waals surface area contributed by atoms with E-state index in [1.165, 1.54) is 11.0 Å². The average Bonchev–Trinajstić information content (AvgIpc) is 3.33. The van der Waals surface area contributed by atoms with Crippen LogP contribution in [0.5, 0.6) is 11.5 Å². The van der Waals surface area contributed by atoms with E-state index >= 15 is 0 Å². The van der Waals surface area contributed by atoms with Crippen molar-refractivity contribution in [2.24, 2.45) is 0 Å². The molecule has 0 aliphatic carbocycles. The average molecular weight is 395 g/mol. The lowest BCUT2D eigenvalue weighted by atomic mass is 10.1. The molecule has 2 heterocycles. The van der Waals surface area contributed by atoms with Gasteiger partial charge in [-0.3, -0.25) is 34.9 Å². The lowest BCUT2D eigenvalue weighted by Gasteiger charge is -2.14. The van der Waals surface area contributed by atoms with Crippen molar-refractivity contribution in [1.29, 1.82) is 0 Å². The van der Waals surface area contributed by atoms with Crippen molar-refractivity contribution in [3.63, 3.8) is 0 Å². The molecule has 0 aromatic heterocycles. The Morgan fingerprint density at radius 2 is 1.41 bits per heavy atom. The molecule has 4 amide bonds. The minimum Gasteiger partial charge on any atom is -0.454 e. The zero-order valence-corrected chi connectivity index (χ0v) is 15.3. The van der Waals surface area contributed by atoms with Crippen molar-refractivity contribution in [3.8, 4) is 11.5 Å². The summed E-state index contributed by atoms with van der Waals surface area (Å²) in [5, 5.41) is 0. The highest BCUT2D eigenvalue weighted by atomic mass is 16.7. The second-order valence-electron chi connectivity index (χ2n) is 6.55. The van der Waals surface area contributed by atoms with E-state index in [0.29, 0.717) is 22.6 Å². The summed E-state index contributed by atoms with van der Waals surface area (Å²) in [5.41, 5.74) is 6.04. The Hall–Kier alpha value is -3.88. The first-order valence-corrected chi connectivity index (χ1v) is 8.94. The molecule has 0 atom stereocenters. The highest BCUT2D eigenvalue weighted by Gasteiger charge is 2.28. The zero-order valence-electron chi connectivity index (χ0n) is 15.3. The third kappa shape index (κ3) is 3.88. The molecule has 2 aromatic carbocycles. The maximum atomic E-state index is 12.2. The van der Waals surface area contributed by atoms with E-state index in [4.69, 9.17) is 9.47 Å². The molecule has 0 spiro atoms. The van der Waals surface area contributed by atoms with Crippen LogP contribution in [0.25, 0.3) is 0 Å². The molecule has 1 fully saturated rings. The van der Waals surface area contributed by atoms with Gasteiger partial charge >= 0.3 is 0 Å². The van der Waals surface area contributed by atoms with Gasteiger partial charge < -0.3 is 9.47 Å². The molecule has 29 heavy (non-hydrogen) atoms. The van der Waals surface area contributed by atoms with Gasteiger partial charge in [0.05, 0.1) is 6.54 Å². The number of carbonyl (C=O) groups excluding carboxylic acids is 4. The molecule has 4 rings (SSSR count). The number of fused-ring (bicyclic) bond motifs is 1. The number of imide groups is 1. The topological polar surface area (TPSA) is 114 Å². The van der Waals surface area contributed by atoms with Crippen molar-refractivity contribution in [2.75, 3.05) is 6.79 Å². The number of hydrogen-bond acceptors (Lipinski definition) is 6. The van der Waals surface area contributed by atoms with Crippen molar-refractivity contribution < 1.29 is 28.7 Å². The van der Waals surface area contributed by atoms with Gasteiger partial charge in [0.1, 0.15) is 0 Å². The summed E-state index contributed by atoms with van der Waals surface area (Å²) >= 11 is 0. The van der Waals surface area contributed by atoms with Crippen LogP contribution in [0.4, 0.5) is 0 Å². The Bertz CT molecular complexity index is 986. The SMILES string of the molecule is O=C(NNC(=O)c1ccc2c(c1)OCO2)c1ccc(CN2C(=O)CCC2=O)cc1. The summed E-state index contributed by atoms with van der Waals surface area (Å²) in [6, 6.07) is 11.1. The molecule has 0 bridgehead atoms. The van der Waals surface area contributed by atoms with Crippen LogP contribution in [0.1, 0.15) is 39.1 Å². The van der Waals surface area contributed by atoms with Gasteiger partial charge in [0, 0.05) is 24.0 Å². The Morgan fingerprint density at radius 3 is 2.10 bits per heavy atom. The fourth-order valence-corrected chi connectivity index (χ4v) is 3.04. The predicted molar refractivity (Wildman–Crippen MR) is 98.7 cm³/mol. The Balaban J connectivity index is 1.33. The minimum atomic E-state index is -0.501. The highest BCUT2D eigenvalue weighted by Crippen LogP contribution is 2.32. The summed E-state index contributed by atoms with van der Waals surface area (Å²) in [7, 11) is 0. The van der Waals surface area contributed by atoms with Crippen molar-refractivity contribution >= 4 is 23.6 Å². The van der Waals surface area contributed by atoms with E-state index < -0.39 is 11.8 Å². The van der Waals surface area contributed by atoms with Gasteiger partial charge in [0.15, 0.2) is 11.5 Å². The fourth-order valence-electron chi connectivity index (χ4n) is 3.04. The van der Waals surface area contributed by atoms with Crippen molar-refractivity contribution in [3.05, 3.63) is 59.2 Å².